The van der Waals surface area contributed by atoms with Gasteiger partial charge in [0, 0.05) is 12.6 Å². The molecule has 1 atom stereocenters. The van der Waals surface area contributed by atoms with E-state index in [1.807, 2.05) is 12.4 Å². The SMILES string of the molecule is Oc1ccc2c(c1)ncn2CC1CCCNC1. The number of phenols is 1. The normalized spacial score (nSPS) is 20.8. The van der Waals surface area contributed by atoms with E-state index in [4.69, 9.17) is 0 Å². The summed E-state index contributed by atoms with van der Waals surface area (Å²) >= 11 is 0. The summed E-state index contributed by atoms with van der Waals surface area (Å²) in [4.78, 5) is 4.33. The Morgan fingerprint density at radius 3 is 3.24 bits per heavy atom. The van der Waals surface area contributed by atoms with Crippen molar-refractivity contribution in [3.63, 3.8) is 0 Å². The molecule has 0 saturated carbocycles. The monoisotopic (exact) mass is 231 g/mol. The van der Waals surface area contributed by atoms with Crippen molar-refractivity contribution in [2.24, 2.45) is 5.92 Å². The molecular formula is C13H17N3O. The van der Waals surface area contributed by atoms with Crippen LogP contribution in [0.3, 0.4) is 0 Å². The highest BCUT2D eigenvalue weighted by Crippen LogP contribution is 2.21. The van der Waals surface area contributed by atoms with Gasteiger partial charge in [0.1, 0.15) is 5.75 Å². The standard InChI is InChI=1S/C13H17N3O/c17-11-3-4-13-12(6-11)15-9-16(13)8-10-2-1-5-14-7-10/h3-4,6,9-10,14,17H,1-2,5,7-8H2. The largest absolute Gasteiger partial charge is 0.508 e. The molecule has 2 heterocycles. The van der Waals surface area contributed by atoms with Crippen molar-refractivity contribution in [2.75, 3.05) is 13.1 Å². The van der Waals surface area contributed by atoms with Gasteiger partial charge in [0.15, 0.2) is 0 Å². The fourth-order valence-electron chi connectivity index (χ4n) is 2.56. The van der Waals surface area contributed by atoms with E-state index in [9.17, 15) is 5.11 Å². The second kappa shape index (κ2) is 4.37. The zero-order chi connectivity index (χ0) is 11.7. The van der Waals surface area contributed by atoms with Crippen LogP contribution in [0, 0.1) is 5.92 Å². The molecule has 0 spiro atoms. The van der Waals surface area contributed by atoms with E-state index >= 15 is 0 Å². The van der Waals surface area contributed by atoms with Crippen LogP contribution in [0.25, 0.3) is 11.0 Å². The van der Waals surface area contributed by atoms with Crippen molar-refractivity contribution in [3.05, 3.63) is 24.5 Å². The molecule has 2 N–H and O–H groups in total. The number of hydrogen-bond acceptors (Lipinski definition) is 3. The van der Waals surface area contributed by atoms with Crippen molar-refractivity contribution in [2.45, 2.75) is 19.4 Å². The lowest BCUT2D eigenvalue weighted by Crippen LogP contribution is -2.32. The van der Waals surface area contributed by atoms with E-state index in [2.05, 4.69) is 14.9 Å². The van der Waals surface area contributed by atoms with E-state index in [1.165, 1.54) is 12.8 Å². The Balaban J connectivity index is 1.84. The van der Waals surface area contributed by atoms with Crippen LogP contribution in [-0.4, -0.2) is 27.7 Å². The lowest BCUT2D eigenvalue weighted by atomic mass is 10.00. The van der Waals surface area contributed by atoms with Gasteiger partial charge in [-0.1, -0.05) is 0 Å². The van der Waals surface area contributed by atoms with Gasteiger partial charge in [-0.05, 0) is 44.0 Å². The first kappa shape index (κ1) is 10.6. The molecular weight excluding hydrogens is 214 g/mol. The number of benzene rings is 1. The number of aromatic nitrogens is 2. The first-order valence-electron chi connectivity index (χ1n) is 6.17. The van der Waals surface area contributed by atoms with Crippen LogP contribution in [-0.2, 0) is 6.54 Å². The Morgan fingerprint density at radius 1 is 1.47 bits per heavy atom. The smallest absolute Gasteiger partial charge is 0.117 e. The predicted octanol–water partition coefficient (Wildman–Crippen LogP) is 1.74. The Hall–Kier alpha value is -1.55. The number of hydrogen-bond donors (Lipinski definition) is 2. The van der Waals surface area contributed by atoms with Crippen molar-refractivity contribution in [3.8, 4) is 5.75 Å². The maximum absolute atomic E-state index is 9.40. The fourth-order valence-corrected chi connectivity index (χ4v) is 2.56. The maximum atomic E-state index is 9.40. The molecule has 4 nitrogen and oxygen atoms in total. The molecule has 1 aliphatic rings. The second-order valence-electron chi connectivity index (χ2n) is 4.78. The molecule has 1 fully saturated rings. The average Bonchev–Trinajstić information content (AvgIpc) is 2.73. The van der Waals surface area contributed by atoms with Crippen LogP contribution < -0.4 is 5.32 Å². The zero-order valence-electron chi connectivity index (χ0n) is 9.76. The van der Waals surface area contributed by atoms with E-state index in [0.29, 0.717) is 5.92 Å². The summed E-state index contributed by atoms with van der Waals surface area (Å²) in [6.07, 6.45) is 4.42. The molecule has 2 aromatic rings. The minimum atomic E-state index is 0.280. The molecule has 1 aromatic heterocycles. The fraction of sp³-hybridized carbons (Fsp3) is 0.462. The maximum Gasteiger partial charge on any atom is 0.117 e. The number of nitrogens with one attached hydrogen (secondary N) is 1. The van der Waals surface area contributed by atoms with E-state index < -0.39 is 0 Å². The summed E-state index contributed by atoms with van der Waals surface area (Å²) < 4.78 is 2.19. The van der Waals surface area contributed by atoms with Crippen LogP contribution in [0.1, 0.15) is 12.8 Å². The van der Waals surface area contributed by atoms with Gasteiger partial charge in [0.25, 0.3) is 0 Å². The molecule has 90 valence electrons. The Morgan fingerprint density at radius 2 is 2.41 bits per heavy atom. The van der Waals surface area contributed by atoms with Crippen LogP contribution in [0.15, 0.2) is 24.5 Å². The van der Waals surface area contributed by atoms with E-state index in [-0.39, 0.29) is 5.75 Å². The first-order chi connectivity index (χ1) is 8.33. The molecule has 1 aromatic carbocycles. The lowest BCUT2D eigenvalue weighted by molar-refractivity contribution is 0.340. The summed E-state index contributed by atoms with van der Waals surface area (Å²) in [5.41, 5.74) is 1.97. The highest BCUT2D eigenvalue weighted by atomic mass is 16.3. The van der Waals surface area contributed by atoms with Crippen LogP contribution in [0.5, 0.6) is 5.75 Å². The van der Waals surface area contributed by atoms with E-state index in [0.717, 1.165) is 30.7 Å². The molecule has 17 heavy (non-hydrogen) atoms. The van der Waals surface area contributed by atoms with Gasteiger partial charge >= 0.3 is 0 Å². The first-order valence-corrected chi connectivity index (χ1v) is 6.17. The van der Waals surface area contributed by atoms with Crippen molar-refractivity contribution >= 4 is 11.0 Å². The van der Waals surface area contributed by atoms with Gasteiger partial charge < -0.3 is 15.0 Å². The second-order valence-corrected chi connectivity index (χ2v) is 4.78. The highest BCUT2D eigenvalue weighted by Gasteiger charge is 2.14. The van der Waals surface area contributed by atoms with Gasteiger partial charge in [-0.25, -0.2) is 4.98 Å². The Bertz CT molecular complexity index is 514. The minimum absolute atomic E-state index is 0.280. The third-order valence-corrected chi connectivity index (χ3v) is 3.46. The number of aromatic hydroxyl groups is 1. The number of nitrogens with zero attached hydrogens (tertiary/aromatic N) is 2. The quantitative estimate of drug-likeness (QED) is 0.827. The molecule has 1 unspecified atom stereocenters. The van der Waals surface area contributed by atoms with Gasteiger partial charge in [-0.2, -0.15) is 0 Å². The molecule has 0 radical (unpaired) electrons. The van der Waals surface area contributed by atoms with Crippen molar-refractivity contribution < 1.29 is 5.11 Å². The number of rotatable bonds is 2. The summed E-state index contributed by atoms with van der Waals surface area (Å²) in [5.74, 6) is 0.969. The summed E-state index contributed by atoms with van der Waals surface area (Å²) in [7, 11) is 0. The highest BCUT2D eigenvalue weighted by molar-refractivity contribution is 5.76. The van der Waals surface area contributed by atoms with Crippen LogP contribution in [0.2, 0.25) is 0 Å². The average molecular weight is 231 g/mol. The topological polar surface area (TPSA) is 50.1 Å². The number of phenolic OH excluding ortho intramolecular Hbond substituents is 1. The Kier molecular flexibility index (Phi) is 2.73. The van der Waals surface area contributed by atoms with Gasteiger partial charge in [0.2, 0.25) is 0 Å². The van der Waals surface area contributed by atoms with Gasteiger partial charge in [-0.15, -0.1) is 0 Å². The Labute approximate surface area is 100 Å². The third kappa shape index (κ3) is 2.13. The molecule has 0 aliphatic carbocycles. The molecule has 3 rings (SSSR count). The van der Waals surface area contributed by atoms with Gasteiger partial charge in [0.05, 0.1) is 17.4 Å². The van der Waals surface area contributed by atoms with Gasteiger partial charge in [-0.3, -0.25) is 0 Å². The minimum Gasteiger partial charge on any atom is -0.508 e. The van der Waals surface area contributed by atoms with Crippen LogP contribution in [0.4, 0.5) is 0 Å². The molecule has 0 amide bonds. The third-order valence-electron chi connectivity index (χ3n) is 3.46. The van der Waals surface area contributed by atoms with Crippen LogP contribution >= 0.6 is 0 Å². The summed E-state index contributed by atoms with van der Waals surface area (Å²) in [6, 6.07) is 5.37. The molecule has 1 saturated heterocycles. The van der Waals surface area contributed by atoms with Crippen molar-refractivity contribution in [1.29, 1.82) is 0 Å². The molecule has 4 heteroatoms. The number of piperidine rings is 1. The summed E-state index contributed by atoms with van der Waals surface area (Å²) in [6.45, 7) is 3.25. The summed E-state index contributed by atoms with van der Waals surface area (Å²) in [5, 5.41) is 12.8. The molecule has 0 bridgehead atoms. The lowest BCUT2D eigenvalue weighted by Gasteiger charge is -2.23. The zero-order valence-corrected chi connectivity index (χ0v) is 9.76. The number of imidazole rings is 1. The van der Waals surface area contributed by atoms with Crippen molar-refractivity contribution in [1.82, 2.24) is 14.9 Å². The van der Waals surface area contributed by atoms with E-state index in [1.54, 1.807) is 12.1 Å². The molecule has 1 aliphatic heterocycles. The number of fused-ring (bicyclic) bond motifs is 1. The predicted molar refractivity (Wildman–Crippen MR) is 67.0 cm³/mol.